The van der Waals surface area contributed by atoms with Gasteiger partial charge in [-0.2, -0.15) is 0 Å². The molecule has 1 fully saturated rings. The molecule has 1 aromatic carbocycles. The number of esters is 1. The number of rotatable bonds is 4. The van der Waals surface area contributed by atoms with Gasteiger partial charge in [0, 0.05) is 6.42 Å². The van der Waals surface area contributed by atoms with E-state index in [2.05, 4.69) is 0 Å². The Kier molecular flexibility index (Phi) is 4.62. The molecule has 1 aliphatic rings. The number of benzene rings is 1. The molecule has 0 aliphatic heterocycles. The molecule has 0 saturated heterocycles. The Labute approximate surface area is 108 Å². The molecular weight excluding hydrogens is 228 g/mol. The largest absolute Gasteiger partial charge is 0.508 e. The number of carbonyl (C=O) groups excluding carboxylic acids is 1. The lowest BCUT2D eigenvalue weighted by atomic mass is 9.98. The first kappa shape index (κ1) is 12.9. The zero-order chi connectivity index (χ0) is 12.8. The quantitative estimate of drug-likeness (QED) is 0.832. The van der Waals surface area contributed by atoms with Crippen LogP contribution in [-0.2, 0) is 16.0 Å². The summed E-state index contributed by atoms with van der Waals surface area (Å²) in [5.74, 6) is 0.151. The molecular formula is C15H20O3. The zero-order valence-corrected chi connectivity index (χ0v) is 10.6. The predicted octanol–water partition coefficient (Wildman–Crippen LogP) is 3.20. The summed E-state index contributed by atoms with van der Waals surface area (Å²) in [5.41, 5.74) is 1.05. The summed E-state index contributed by atoms with van der Waals surface area (Å²) < 4.78 is 5.45. The highest BCUT2D eigenvalue weighted by Crippen LogP contribution is 2.21. The first-order chi connectivity index (χ1) is 8.74. The van der Waals surface area contributed by atoms with Crippen molar-refractivity contribution < 1.29 is 14.6 Å². The molecule has 1 saturated carbocycles. The van der Waals surface area contributed by atoms with Crippen molar-refractivity contribution in [2.75, 3.05) is 0 Å². The number of aromatic hydroxyl groups is 1. The van der Waals surface area contributed by atoms with Gasteiger partial charge in [0.05, 0.1) is 0 Å². The van der Waals surface area contributed by atoms with E-state index in [9.17, 15) is 4.79 Å². The number of phenolic OH excluding ortho intramolecular Hbond substituents is 1. The Morgan fingerprint density at radius 1 is 1.17 bits per heavy atom. The van der Waals surface area contributed by atoms with Crippen LogP contribution in [0.25, 0.3) is 0 Å². The van der Waals surface area contributed by atoms with Gasteiger partial charge in [0.1, 0.15) is 11.9 Å². The molecule has 0 amide bonds. The molecule has 1 aromatic rings. The summed E-state index contributed by atoms with van der Waals surface area (Å²) in [4.78, 5) is 11.7. The van der Waals surface area contributed by atoms with Gasteiger partial charge in [-0.15, -0.1) is 0 Å². The zero-order valence-electron chi connectivity index (χ0n) is 10.6. The van der Waals surface area contributed by atoms with Crippen molar-refractivity contribution >= 4 is 5.97 Å². The van der Waals surface area contributed by atoms with Crippen molar-refractivity contribution in [2.45, 2.75) is 51.0 Å². The van der Waals surface area contributed by atoms with Gasteiger partial charge in [-0.1, -0.05) is 18.6 Å². The van der Waals surface area contributed by atoms with Gasteiger partial charge in [-0.3, -0.25) is 4.79 Å². The van der Waals surface area contributed by atoms with Crippen molar-refractivity contribution in [1.29, 1.82) is 0 Å². The Balaban J connectivity index is 1.72. The minimum atomic E-state index is -0.102. The van der Waals surface area contributed by atoms with Crippen LogP contribution in [0.5, 0.6) is 5.75 Å². The second kappa shape index (κ2) is 6.43. The summed E-state index contributed by atoms with van der Waals surface area (Å²) in [6, 6.07) is 6.95. The molecule has 0 atom stereocenters. The molecule has 18 heavy (non-hydrogen) atoms. The molecule has 0 bridgehead atoms. The van der Waals surface area contributed by atoms with Gasteiger partial charge >= 0.3 is 5.97 Å². The third kappa shape index (κ3) is 4.06. The topological polar surface area (TPSA) is 46.5 Å². The maximum absolute atomic E-state index is 11.7. The van der Waals surface area contributed by atoms with Crippen LogP contribution in [0, 0.1) is 0 Å². The highest BCUT2D eigenvalue weighted by atomic mass is 16.5. The van der Waals surface area contributed by atoms with Crippen LogP contribution in [0.1, 0.15) is 44.1 Å². The average Bonchev–Trinajstić information content (AvgIpc) is 2.39. The molecule has 0 spiro atoms. The van der Waals surface area contributed by atoms with E-state index in [4.69, 9.17) is 9.84 Å². The molecule has 1 aliphatic carbocycles. The summed E-state index contributed by atoms with van der Waals surface area (Å²) >= 11 is 0. The lowest BCUT2D eigenvalue weighted by molar-refractivity contribution is -0.150. The third-order valence-electron chi connectivity index (χ3n) is 3.40. The summed E-state index contributed by atoms with van der Waals surface area (Å²) in [6.07, 6.45) is 6.89. The second-order valence-electron chi connectivity index (χ2n) is 4.92. The van der Waals surface area contributed by atoms with Crippen LogP contribution >= 0.6 is 0 Å². The Hall–Kier alpha value is -1.51. The molecule has 0 aromatic heterocycles. The monoisotopic (exact) mass is 248 g/mol. The summed E-state index contributed by atoms with van der Waals surface area (Å²) in [5, 5.41) is 9.16. The van der Waals surface area contributed by atoms with Gasteiger partial charge in [0.25, 0.3) is 0 Å². The normalized spacial score (nSPS) is 16.4. The van der Waals surface area contributed by atoms with Crippen LogP contribution in [-0.4, -0.2) is 17.2 Å². The van der Waals surface area contributed by atoms with Crippen LogP contribution in [0.2, 0.25) is 0 Å². The fourth-order valence-corrected chi connectivity index (χ4v) is 2.34. The summed E-state index contributed by atoms with van der Waals surface area (Å²) in [6.45, 7) is 0. The smallest absolute Gasteiger partial charge is 0.306 e. The van der Waals surface area contributed by atoms with Gasteiger partial charge in [0.2, 0.25) is 0 Å². The average molecular weight is 248 g/mol. The summed E-state index contributed by atoms with van der Waals surface area (Å²) in [7, 11) is 0. The fourth-order valence-electron chi connectivity index (χ4n) is 2.34. The van der Waals surface area contributed by atoms with Crippen molar-refractivity contribution in [2.24, 2.45) is 0 Å². The van der Waals surface area contributed by atoms with Crippen molar-refractivity contribution in [1.82, 2.24) is 0 Å². The maximum atomic E-state index is 11.7. The van der Waals surface area contributed by atoms with E-state index in [-0.39, 0.29) is 17.8 Å². The number of phenols is 1. The fraction of sp³-hybridized carbons (Fsp3) is 0.533. The SMILES string of the molecule is O=C(CCc1ccc(O)cc1)OC1CCCCC1. The van der Waals surface area contributed by atoms with Gasteiger partial charge in [-0.05, 0) is 49.8 Å². The maximum Gasteiger partial charge on any atom is 0.306 e. The predicted molar refractivity (Wildman–Crippen MR) is 69.4 cm³/mol. The minimum Gasteiger partial charge on any atom is -0.508 e. The molecule has 98 valence electrons. The Morgan fingerprint density at radius 2 is 1.83 bits per heavy atom. The first-order valence-corrected chi connectivity index (χ1v) is 6.71. The van der Waals surface area contributed by atoms with E-state index in [0.717, 1.165) is 18.4 Å². The third-order valence-corrected chi connectivity index (χ3v) is 3.40. The van der Waals surface area contributed by atoms with Gasteiger partial charge in [-0.25, -0.2) is 0 Å². The number of carbonyl (C=O) groups is 1. The van der Waals surface area contributed by atoms with Crippen LogP contribution in [0.3, 0.4) is 0 Å². The molecule has 3 heteroatoms. The van der Waals surface area contributed by atoms with E-state index < -0.39 is 0 Å². The second-order valence-corrected chi connectivity index (χ2v) is 4.92. The number of hydrogen-bond acceptors (Lipinski definition) is 3. The van der Waals surface area contributed by atoms with Crippen LogP contribution in [0.15, 0.2) is 24.3 Å². The number of aryl methyl sites for hydroxylation is 1. The Bertz CT molecular complexity index is 377. The van der Waals surface area contributed by atoms with Crippen molar-refractivity contribution in [3.8, 4) is 5.75 Å². The standard InChI is InChI=1S/C15H20O3/c16-13-9-6-12(7-10-13)8-11-15(17)18-14-4-2-1-3-5-14/h6-7,9-10,14,16H,1-5,8,11H2. The Morgan fingerprint density at radius 3 is 2.50 bits per heavy atom. The number of hydrogen-bond donors (Lipinski definition) is 1. The number of ether oxygens (including phenoxy) is 1. The minimum absolute atomic E-state index is 0.102. The first-order valence-electron chi connectivity index (χ1n) is 6.71. The van der Waals surface area contributed by atoms with E-state index in [1.807, 2.05) is 12.1 Å². The lowest BCUT2D eigenvalue weighted by Crippen LogP contribution is -2.21. The molecule has 2 rings (SSSR count). The van der Waals surface area contributed by atoms with Gasteiger partial charge in [0.15, 0.2) is 0 Å². The van der Waals surface area contributed by atoms with Crippen LogP contribution in [0.4, 0.5) is 0 Å². The van der Waals surface area contributed by atoms with Crippen molar-refractivity contribution in [3.63, 3.8) is 0 Å². The molecule has 3 nitrogen and oxygen atoms in total. The van der Waals surface area contributed by atoms with Crippen LogP contribution < -0.4 is 0 Å². The highest BCUT2D eigenvalue weighted by Gasteiger charge is 2.17. The molecule has 0 heterocycles. The van der Waals surface area contributed by atoms with Crippen molar-refractivity contribution in [3.05, 3.63) is 29.8 Å². The van der Waals surface area contributed by atoms with Gasteiger partial charge < -0.3 is 9.84 Å². The van der Waals surface area contributed by atoms with E-state index in [0.29, 0.717) is 12.8 Å². The van der Waals surface area contributed by atoms with E-state index in [1.165, 1.54) is 19.3 Å². The van der Waals surface area contributed by atoms with E-state index >= 15 is 0 Å². The lowest BCUT2D eigenvalue weighted by Gasteiger charge is -2.21. The van der Waals surface area contributed by atoms with E-state index in [1.54, 1.807) is 12.1 Å². The highest BCUT2D eigenvalue weighted by molar-refractivity contribution is 5.69. The molecule has 1 N–H and O–H groups in total. The molecule has 0 unspecified atom stereocenters. The molecule has 0 radical (unpaired) electrons.